The Bertz CT molecular complexity index is 836. The van der Waals surface area contributed by atoms with Crippen LogP contribution in [0.2, 0.25) is 0 Å². The number of nitriles is 1. The van der Waals surface area contributed by atoms with Gasteiger partial charge in [-0.05, 0) is 82.6 Å². The third-order valence-corrected chi connectivity index (χ3v) is 6.32. The smallest absolute Gasteiger partial charge is 0.410 e. The fraction of sp³-hybridized carbons (Fsp3) is 0.619. The van der Waals surface area contributed by atoms with E-state index >= 15 is 0 Å². The summed E-state index contributed by atoms with van der Waals surface area (Å²) in [5, 5.41) is 9.42. The summed E-state index contributed by atoms with van der Waals surface area (Å²) >= 11 is -2.18. The van der Waals surface area contributed by atoms with E-state index in [1.807, 2.05) is 20.8 Å². The second-order valence-electron chi connectivity index (χ2n) is 8.66. The third kappa shape index (κ3) is 4.90. The fourth-order valence-corrected chi connectivity index (χ4v) is 4.98. The van der Waals surface area contributed by atoms with Crippen molar-refractivity contribution in [2.24, 2.45) is 0 Å². The number of nitrogens with zero attached hydrogens (tertiary/aromatic N) is 3. The largest absolute Gasteiger partial charge is 0.444 e. The number of hydrogen-bond donors (Lipinski definition) is 1. The Morgan fingerprint density at radius 2 is 1.86 bits per heavy atom. The molecule has 1 aromatic rings. The number of hydrogen-bond acceptors (Lipinski definition) is 4. The van der Waals surface area contributed by atoms with Gasteiger partial charge in [0.2, 0.25) is 0 Å². The molecule has 1 unspecified atom stereocenters. The van der Waals surface area contributed by atoms with E-state index in [0.717, 1.165) is 42.5 Å². The van der Waals surface area contributed by atoms with Crippen molar-refractivity contribution in [1.82, 2.24) is 4.90 Å². The van der Waals surface area contributed by atoms with Crippen molar-refractivity contribution in [3.8, 4) is 6.07 Å². The second kappa shape index (κ2) is 8.72. The molecular weight excluding hydrogens is 390 g/mol. The monoisotopic (exact) mass is 419 g/mol. The minimum absolute atomic E-state index is 0.154. The zero-order chi connectivity index (χ0) is 21.2. The number of ether oxygens (including phenoxy) is 1. The molecule has 0 radical (unpaired) electrons. The first kappa shape index (κ1) is 21.6. The number of anilines is 1. The number of amides is 1. The summed E-state index contributed by atoms with van der Waals surface area (Å²) in [7, 11) is 0. The molecule has 1 aromatic carbocycles. The Balaban J connectivity index is 1.80. The van der Waals surface area contributed by atoms with Crippen LogP contribution in [0.3, 0.4) is 0 Å². The summed E-state index contributed by atoms with van der Waals surface area (Å²) in [6, 6.07) is 5.66. The molecule has 1 heterocycles. The van der Waals surface area contributed by atoms with Crippen LogP contribution >= 0.6 is 0 Å². The van der Waals surface area contributed by atoms with Gasteiger partial charge in [-0.15, -0.1) is 0 Å². The van der Waals surface area contributed by atoms with Gasteiger partial charge in [-0.3, -0.25) is 8.86 Å². The summed E-state index contributed by atoms with van der Waals surface area (Å²) in [4.78, 5) is 14.0. The molecule has 3 rings (SSSR count). The molecule has 1 atom stereocenters. The number of benzene rings is 1. The molecule has 1 amide bonds. The molecule has 1 aliphatic heterocycles. The molecule has 1 aliphatic carbocycles. The molecule has 0 saturated carbocycles. The first-order valence-corrected chi connectivity index (χ1v) is 11.2. The van der Waals surface area contributed by atoms with E-state index in [1.54, 1.807) is 21.3 Å². The Hall–Kier alpha value is -2.11. The lowest BCUT2D eigenvalue weighted by Crippen LogP contribution is -2.48. The average molecular weight is 420 g/mol. The molecule has 158 valence electrons. The topological polar surface area (TPSA) is 93.9 Å². The van der Waals surface area contributed by atoms with E-state index in [9.17, 15) is 18.8 Å². The predicted molar refractivity (Wildman–Crippen MR) is 112 cm³/mol. The quantitative estimate of drug-likeness (QED) is 0.753. The van der Waals surface area contributed by atoms with Gasteiger partial charge in [-0.1, -0.05) is 0 Å². The van der Waals surface area contributed by atoms with Crippen LogP contribution < -0.4 is 4.31 Å². The number of rotatable bonds is 3. The van der Waals surface area contributed by atoms with E-state index in [2.05, 4.69) is 6.07 Å². The molecule has 0 aromatic heterocycles. The lowest BCUT2D eigenvalue weighted by molar-refractivity contribution is 0.0207. The van der Waals surface area contributed by atoms with Crippen LogP contribution in [0.15, 0.2) is 12.1 Å². The SMILES string of the molecule is CC(C)(C)OC(=O)N1CCC(N(c2ccc(C#N)c3c2CCCC3)S(=O)O)CC1. The summed E-state index contributed by atoms with van der Waals surface area (Å²) in [5.74, 6) is 0. The van der Waals surface area contributed by atoms with Crippen molar-refractivity contribution in [1.29, 1.82) is 5.26 Å². The van der Waals surface area contributed by atoms with Crippen molar-refractivity contribution >= 4 is 23.0 Å². The summed E-state index contributed by atoms with van der Waals surface area (Å²) in [6.45, 7) is 6.46. The highest BCUT2D eigenvalue weighted by molar-refractivity contribution is 7.80. The molecular formula is C21H29N3O4S. The minimum Gasteiger partial charge on any atom is -0.444 e. The van der Waals surface area contributed by atoms with Crippen molar-refractivity contribution in [2.45, 2.75) is 70.9 Å². The van der Waals surface area contributed by atoms with Crippen LogP contribution in [0, 0.1) is 11.3 Å². The predicted octanol–water partition coefficient (Wildman–Crippen LogP) is 3.78. The van der Waals surface area contributed by atoms with Gasteiger partial charge in [0.05, 0.1) is 17.3 Å². The van der Waals surface area contributed by atoms with Crippen LogP contribution in [-0.2, 0) is 28.8 Å². The van der Waals surface area contributed by atoms with E-state index in [4.69, 9.17) is 4.74 Å². The fourth-order valence-electron chi connectivity index (χ4n) is 4.18. The third-order valence-electron chi connectivity index (χ3n) is 5.48. The average Bonchev–Trinajstić information content (AvgIpc) is 2.67. The number of piperidine rings is 1. The summed E-state index contributed by atoms with van der Waals surface area (Å²) < 4.78 is 29.4. The van der Waals surface area contributed by atoms with Gasteiger partial charge < -0.3 is 9.64 Å². The van der Waals surface area contributed by atoms with Gasteiger partial charge in [-0.2, -0.15) is 5.26 Å². The van der Waals surface area contributed by atoms with Gasteiger partial charge in [0.25, 0.3) is 11.3 Å². The van der Waals surface area contributed by atoms with Crippen molar-refractivity contribution in [3.05, 3.63) is 28.8 Å². The first-order chi connectivity index (χ1) is 13.7. The van der Waals surface area contributed by atoms with Gasteiger partial charge in [-0.25, -0.2) is 9.00 Å². The van der Waals surface area contributed by atoms with Gasteiger partial charge in [0, 0.05) is 19.1 Å². The van der Waals surface area contributed by atoms with Crippen LogP contribution in [0.25, 0.3) is 0 Å². The zero-order valence-electron chi connectivity index (χ0n) is 17.3. The first-order valence-electron chi connectivity index (χ1n) is 10.1. The highest BCUT2D eigenvalue weighted by atomic mass is 32.2. The second-order valence-corrected chi connectivity index (χ2v) is 9.52. The van der Waals surface area contributed by atoms with Crippen molar-refractivity contribution in [2.75, 3.05) is 17.4 Å². The summed E-state index contributed by atoms with van der Waals surface area (Å²) in [5.41, 5.74) is 2.89. The molecule has 1 saturated heterocycles. The maximum absolute atomic E-state index is 12.3. The number of carbonyl (C=O) groups excluding carboxylic acids is 1. The number of likely N-dealkylation sites (tertiary alicyclic amines) is 1. The van der Waals surface area contributed by atoms with Gasteiger partial charge >= 0.3 is 6.09 Å². The van der Waals surface area contributed by atoms with Crippen LogP contribution in [0.5, 0.6) is 0 Å². The normalized spacial score (nSPS) is 18.5. The Morgan fingerprint density at radius 3 is 2.41 bits per heavy atom. The molecule has 0 spiro atoms. The van der Waals surface area contributed by atoms with E-state index in [0.29, 0.717) is 31.5 Å². The molecule has 1 fully saturated rings. The lowest BCUT2D eigenvalue weighted by Gasteiger charge is -2.39. The highest BCUT2D eigenvalue weighted by Crippen LogP contribution is 2.36. The lowest BCUT2D eigenvalue weighted by atomic mass is 9.87. The standard InChI is InChI=1S/C21H29N3O4S/c1-21(2,3)28-20(25)23-12-10-16(11-13-23)24(29(26)27)19-9-8-15(14-22)17-6-4-5-7-18(17)19/h8-9,16H,4-7,10-13H2,1-3H3,(H,26,27). The van der Waals surface area contributed by atoms with E-state index < -0.39 is 16.9 Å². The van der Waals surface area contributed by atoms with Crippen molar-refractivity contribution in [3.63, 3.8) is 0 Å². The molecule has 1 N–H and O–H groups in total. The molecule has 2 aliphatic rings. The van der Waals surface area contributed by atoms with Crippen LogP contribution in [-0.4, -0.2) is 44.5 Å². The molecule has 29 heavy (non-hydrogen) atoms. The Labute approximate surface area is 175 Å². The van der Waals surface area contributed by atoms with E-state index in [-0.39, 0.29) is 12.1 Å². The maximum atomic E-state index is 12.3. The maximum Gasteiger partial charge on any atom is 0.410 e. The summed E-state index contributed by atoms with van der Waals surface area (Å²) in [6.07, 6.45) is 4.50. The number of fused-ring (bicyclic) bond motifs is 1. The number of carbonyl (C=O) groups is 1. The van der Waals surface area contributed by atoms with Crippen LogP contribution in [0.1, 0.15) is 63.1 Å². The van der Waals surface area contributed by atoms with E-state index in [1.165, 1.54) is 0 Å². The van der Waals surface area contributed by atoms with Gasteiger partial charge in [0.1, 0.15) is 5.60 Å². The minimum atomic E-state index is -2.18. The Morgan fingerprint density at radius 1 is 1.24 bits per heavy atom. The molecule has 8 heteroatoms. The van der Waals surface area contributed by atoms with Crippen LogP contribution in [0.4, 0.5) is 10.5 Å². The van der Waals surface area contributed by atoms with Gasteiger partial charge in [0.15, 0.2) is 0 Å². The molecule has 7 nitrogen and oxygen atoms in total. The van der Waals surface area contributed by atoms with Crippen molar-refractivity contribution < 1.29 is 18.3 Å². The highest BCUT2D eigenvalue weighted by Gasteiger charge is 2.33. The molecule has 0 bridgehead atoms. The Kier molecular flexibility index (Phi) is 6.49. The zero-order valence-corrected chi connectivity index (χ0v) is 18.1.